The van der Waals surface area contributed by atoms with Gasteiger partial charge in [0.05, 0.1) is 6.61 Å². The van der Waals surface area contributed by atoms with Gasteiger partial charge in [-0.2, -0.15) is 0 Å². The predicted molar refractivity (Wildman–Crippen MR) is 123 cm³/mol. The van der Waals surface area contributed by atoms with E-state index in [2.05, 4.69) is 22.8 Å². The molecule has 8 nitrogen and oxygen atoms in total. The van der Waals surface area contributed by atoms with Crippen molar-refractivity contribution in [3.8, 4) is 11.1 Å². The molecule has 2 aromatic carbocycles. The zero-order valence-electron chi connectivity index (χ0n) is 19.0. The monoisotopic (exact) mass is 454 g/mol. The average molecular weight is 455 g/mol. The second-order valence-corrected chi connectivity index (χ2v) is 8.51. The highest BCUT2D eigenvalue weighted by Gasteiger charge is 2.31. The third kappa shape index (κ3) is 5.90. The van der Waals surface area contributed by atoms with Crippen LogP contribution in [0.4, 0.5) is 4.79 Å². The van der Waals surface area contributed by atoms with Crippen LogP contribution in [-0.4, -0.2) is 55.5 Å². The van der Waals surface area contributed by atoms with Gasteiger partial charge in [-0.15, -0.1) is 0 Å². The number of carbonyl (C=O) groups excluding carboxylic acids is 2. The summed E-state index contributed by atoms with van der Waals surface area (Å²) in [6.45, 7) is 3.75. The number of rotatable bonds is 10. The fraction of sp³-hybridized carbons (Fsp3) is 0.400. The Kier molecular flexibility index (Phi) is 8.06. The zero-order valence-corrected chi connectivity index (χ0v) is 19.0. The lowest BCUT2D eigenvalue weighted by Gasteiger charge is -2.23. The smallest absolute Gasteiger partial charge is 0.407 e. The van der Waals surface area contributed by atoms with Crippen LogP contribution in [0.5, 0.6) is 0 Å². The van der Waals surface area contributed by atoms with Crippen molar-refractivity contribution in [3.63, 3.8) is 0 Å². The predicted octanol–water partition coefficient (Wildman–Crippen LogP) is 3.16. The van der Waals surface area contributed by atoms with E-state index in [0.717, 1.165) is 22.3 Å². The lowest BCUT2D eigenvalue weighted by Crippen LogP contribution is -2.53. The first-order valence-corrected chi connectivity index (χ1v) is 11.0. The van der Waals surface area contributed by atoms with E-state index in [1.54, 1.807) is 0 Å². The van der Waals surface area contributed by atoms with Gasteiger partial charge in [0, 0.05) is 13.0 Å². The Balaban J connectivity index is 1.66. The van der Waals surface area contributed by atoms with Crippen LogP contribution in [0.2, 0.25) is 0 Å². The number of carbonyl (C=O) groups is 3. The maximum atomic E-state index is 12.7. The van der Waals surface area contributed by atoms with Crippen molar-refractivity contribution in [2.45, 2.75) is 38.3 Å². The fourth-order valence-electron chi connectivity index (χ4n) is 4.10. The van der Waals surface area contributed by atoms with Crippen LogP contribution in [0.15, 0.2) is 48.5 Å². The van der Waals surface area contributed by atoms with Crippen LogP contribution in [0.3, 0.4) is 0 Å². The van der Waals surface area contributed by atoms with E-state index in [0.29, 0.717) is 6.42 Å². The van der Waals surface area contributed by atoms with Crippen molar-refractivity contribution < 1.29 is 29.0 Å². The average Bonchev–Trinajstić information content (AvgIpc) is 3.10. The van der Waals surface area contributed by atoms with Crippen LogP contribution in [0.1, 0.15) is 37.3 Å². The number of nitrogens with one attached hydrogen (secondary N) is 2. The molecule has 2 aromatic rings. The molecule has 3 N–H and O–H groups in total. The van der Waals surface area contributed by atoms with Gasteiger partial charge in [0.1, 0.15) is 12.6 Å². The highest BCUT2D eigenvalue weighted by Crippen LogP contribution is 2.44. The lowest BCUT2D eigenvalue weighted by atomic mass is 9.98. The summed E-state index contributed by atoms with van der Waals surface area (Å²) in [5.41, 5.74) is 4.42. The van der Waals surface area contributed by atoms with E-state index in [1.807, 2.05) is 50.2 Å². The van der Waals surface area contributed by atoms with E-state index in [1.165, 1.54) is 7.11 Å². The van der Waals surface area contributed by atoms with Gasteiger partial charge in [0.2, 0.25) is 5.91 Å². The number of carboxylic acids is 1. The van der Waals surface area contributed by atoms with Crippen molar-refractivity contribution in [1.29, 1.82) is 0 Å². The van der Waals surface area contributed by atoms with E-state index in [-0.39, 0.29) is 25.0 Å². The van der Waals surface area contributed by atoms with Crippen LogP contribution in [0, 0.1) is 5.92 Å². The molecule has 0 saturated carbocycles. The van der Waals surface area contributed by atoms with E-state index >= 15 is 0 Å². The molecule has 3 rings (SSSR count). The zero-order chi connectivity index (χ0) is 24.0. The second-order valence-electron chi connectivity index (χ2n) is 8.51. The van der Waals surface area contributed by atoms with Gasteiger partial charge in [-0.1, -0.05) is 62.4 Å². The molecule has 0 aliphatic heterocycles. The van der Waals surface area contributed by atoms with Crippen molar-refractivity contribution in [3.05, 3.63) is 59.7 Å². The topological polar surface area (TPSA) is 114 Å². The van der Waals surface area contributed by atoms with Crippen LogP contribution >= 0.6 is 0 Å². The summed E-state index contributed by atoms with van der Waals surface area (Å²) in [4.78, 5) is 36.6. The van der Waals surface area contributed by atoms with Crippen LogP contribution in [-0.2, 0) is 19.1 Å². The largest absolute Gasteiger partial charge is 0.480 e. The Morgan fingerprint density at radius 1 is 0.939 bits per heavy atom. The van der Waals surface area contributed by atoms with E-state index < -0.39 is 30.1 Å². The summed E-state index contributed by atoms with van der Waals surface area (Å²) < 4.78 is 10.4. The molecule has 0 heterocycles. The summed E-state index contributed by atoms with van der Waals surface area (Å²) in [5.74, 6) is -1.82. The minimum Gasteiger partial charge on any atom is -0.480 e. The maximum absolute atomic E-state index is 12.7. The molecule has 2 amide bonds. The summed E-state index contributed by atoms with van der Waals surface area (Å²) >= 11 is 0. The second kappa shape index (κ2) is 11.0. The van der Waals surface area contributed by atoms with Gasteiger partial charge in [-0.05, 0) is 34.6 Å². The van der Waals surface area contributed by atoms with Gasteiger partial charge in [-0.25, -0.2) is 9.59 Å². The standard InChI is InChI=1S/C25H30N2O6/c1-15(2)12-21(23(28)26-22(14-32-3)24(29)30)27-25(31)33-13-20-18-10-6-4-8-16(18)17-9-5-7-11-19(17)20/h4-11,15,20-22H,12-14H2,1-3H3,(H,26,28)(H,27,31)(H,29,30)/t21-,22?/m1/s1. The highest BCUT2D eigenvalue weighted by molar-refractivity contribution is 5.89. The number of aliphatic carboxylic acids is 1. The molecular formula is C25H30N2O6. The quantitative estimate of drug-likeness (QED) is 0.508. The molecular weight excluding hydrogens is 424 g/mol. The molecule has 1 aliphatic carbocycles. The first-order chi connectivity index (χ1) is 15.8. The first kappa shape index (κ1) is 24.3. The molecule has 0 saturated heterocycles. The summed E-state index contributed by atoms with van der Waals surface area (Å²) in [6.07, 6.45) is -0.397. The fourth-order valence-corrected chi connectivity index (χ4v) is 4.10. The van der Waals surface area contributed by atoms with Gasteiger partial charge in [-0.3, -0.25) is 4.79 Å². The normalized spacial score (nSPS) is 14.2. The molecule has 176 valence electrons. The Hall–Kier alpha value is -3.39. The lowest BCUT2D eigenvalue weighted by molar-refractivity contribution is -0.143. The van der Waals surface area contributed by atoms with Crippen LogP contribution < -0.4 is 10.6 Å². The Morgan fingerprint density at radius 3 is 2.03 bits per heavy atom. The molecule has 2 atom stereocenters. The first-order valence-electron chi connectivity index (χ1n) is 11.0. The molecule has 0 fully saturated rings. The number of ether oxygens (including phenoxy) is 2. The number of fused-ring (bicyclic) bond motifs is 3. The minimum atomic E-state index is -1.21. The minimum absolute atomic E-state index is 0.0836. The highest BCUT2D eigenvalue weighted by atomic mass is 16.5. The van der Waals surface area contributed by atoms with Gasteiger partial charge in [0.25, 0.3) is 0 Å². The Morgan fingerprint density at radius 2 is 1.52 bits per heavy atom. The molecule has 0 bridgehead atoms. The van der Waals surface area contributed by atoms with Crippen molar-refractivity contribution in [2.24, 2.45) is 5.92 Å². The third-order valence-electron chi connectivity index (χ3n) is 5.61. The number of hydrogen-bond acceptors (Lipinski definition) is 5. The number of amides is 2. The van der Waals surface area contributed by atoms with E-state index in [4.69, 9.17) is 9.47 Å². The van der Waals surface area contributed by atoms with E-state index in [9.17, 15) is 19.5 Å². The summed E-state index contributed by atoms with van der Waals surface area (Å²) in [6, 6.07) is 13.9. The number of carboxylic acid groups (broad SMARTS) is 1. The Labute approximate surface area is 193 Å². The number of benzene rings is 2. The van der Waals surface area contributed by atoms with Crippen molar-refractivity contribution in [2.75, 3.05) is 20.3 Å². The maximum Gasteiger partial charge on any atom is 0.407 e. The number of alkyl carbamates (subject to hydrolysis) is 1. The number of hydrogen-bond donors (Lipinski definition) is 3. The van der Waals surface area contributed by atoms with Gasteiger partial charge < -0.3 is 25.2 Å². The van der Waals surface area contributed by atoms with Gasteiger partial charge in [0.15, 0.2) is 6.04 Å². The SMILES string of the molecule is COCC(NC(=O)[C@@H](CC(C)C)NC(=O)OCC1c2ccccc2-c2ccccc21)C(=O)O. The molecule has 33 heavy (non-hydrogen) atoms. The molecule has 0 aromatic heterocycles. The molecule has 1 aliphatic rings. The van der Waals surface area contributed by atoms with Crippen molar-refractivity contribution in [1.82, 2.24) is 10.6 Å². The third-order valence-corrected chi connectivity index (χ3v) is 5.61. The van der Waals surface area contributed by atoms with Crippen LogP contribution in [0.25, 0.3) is 11.1 Å². The summed E-state index contributed by atoms with van der Waals surface area (Å²) in [5, 5.41) is 14.3. The van der Waals surface area contributed by atoms with Crippen molar-refractivity contribution >= 4 is 18.0 Å². The molecule has 0 spiro atoms. The number of methoxy groups -OCH3 is 1. The molecule has 1 unspecified atom stereocenters. The van der Waals surface area contributed by atoms with Gasteiger partial charge >= 0.3 is 12.1 Å². The Bertz CT molecular complexity index is 960. The molecule has 8 heteroatoms. The molecule has 0 radical (unpaired) electrons. The summed E-state index contributed by atoms with van der Waals surface area (Å²) in [7, 11) is 1.35.